The van der Waals surface area contributed by atoms with Crippen LogP contribution in [0.15, 0.2) is 0 Å². The number of ketones is 1. The predicted molar refractivity (Wildman–Crippen MR) is 104 cm³/mol. The molecule has 0 radical (unpaired) electrons. The van der Waals surface area contributed by atoms with Crippen molar-refractivity contribution in [2.75, 3.05) is 20.1 Å². The number of carbonyl (C=O) groups is 4. The fourth-order valence-electron chi connectivity index (χ4n) is 3.47. The van der Waals surface area contributed by atoms with Gasteiger partial charge in [0.25, 0.3) is 0 Å². The number of carbonyl (C=O) groups excluding carboxylic acids is 4. The Kier molecular flexibility index (Phi) is 8.93. The summed E-state index contributed by atoms with van der Waals surface area (Å²) in [6.45, 7) is 8.40. The lowest BCUT2D eigenvalue weighted by molar-refractivity contribution is -0.142. The lowest BCUT2D eigenvalue weighted by atomic mass is 9.81. The maximum atomic E-state index is 12.5. The molecule has 1 saturated heterocycles. The third kappa shape index (κ3) is 7.69. The van der Waals surface area contributed by atoms with E-state index < -0.39 is 5.92 Å². The molecule has 0 bridgehead atoms. The highest BCUT2D eigenvalue weighted by Crippen LogP contribution is 2.26. The normalized spacial score (nSPS) is 20.1. The number of nitrogens with zero attached hydrogens (tertiary/aromatic N) is 1. The van der Waals surface area contributed by atoms with E-state index in [4.69, 9.17) is 0 Å². The summed E-state index contributed by atoms with van der Waals surface area (Å²) < 4.78 is 0. The average Bonchev–Trinajstić information content (AvgIpc) is 2.61. The van der Waals surface area contributed by atoms with Gasteiger partial charge in [-0.2, -0.15) is 0 Å². The van der Waals surface area contributed by atoms with Gasteiger partial charge in [0.15, 0.2) is 0 Å². The van der Waals surface area contributed by atoms with Crippen molar-refractivity contribution in [3.63, 3.8) is 0 Å². The van der Waals surface area contributed by atoms with Crippen LogP contribution in [0.25, 0.3) is 0 Å². The molecule has 2 atom stereocenters. The molecule has 0 aromatic heterocycles. The number of hydrogen-bond donors (Lipinski definition) is 2. The lowest BCUT2D eigenvalue weighted by Crippen LogP contribution is -2.50. The van der Waals surface area contributed by atoms with E-state index in [-0.39, 0.29) is 35.0 Å². The summed E-state index contributed by atoms with van der Waals surface area (Å²) in [5.74, 6) is -0.887. The molecule has 27 heavy (non-hydrogen) atoms. The van der Waals surface area contributed by atoms with Gasteiger partial charge in [-0.25, -0.2) is 0 Å². The van der Waals surface area contributed by atoms with Crippen molar-refractivity contribution in [2.45, 2.75) is 71.8 Å². The second kappa shape index (κ2) is 10.4. The van der Waals surface area contributed by atoms with Gasteiger partial charge in [0.1, 0.15) is 5.78 Å². The van der Waals surface area contributed by atoms with Gasteiger partial charge in [-0.05, 0) is 40.0 Å². The molecule has 0 aromatic carbocycles. The van der Waals surface area contributed by atoms with Gasteiger partial charge in [-0.1, -0.05) is 6.92 Å². The zero-order chi connectivity index (χ0) is 20.6. The quantitative estimate of drug-likeness (QED) is 0.625. The number of nitrogens with one attached hydrogen (secondary N) is 2. The summed E-state index contributed by atoms with van der Waals surface area (Å²) in [7, 11) is 1.57. The molecule has 1 heterocycles. The number of likely N-dealkylation sites (tertiary alicyclic amines) is 1. The monoisotopic (exact) mass is 381 g/mol. The molecule has 0 aliphatic carbocycles. The van der Waals surface area contributed by atoms with Crippen LogP contribution in [0.2, 0.25) is 0 Å². The molecule has 154 valence electrons. The fourth-order valence-corrected chi connectivity index (χ4v) is 3.47. The molecule has 7 nitrogen and oxygen atoms in total. The van der Waals surface area contributed by atoms with Gasteiger partial charge < -0.3 is 15.5 Å². The summed E-state index contributed by atoms with van der Waals surface area (Å²) >= 11 is 0. The minimum Gasteiger partial charge on any atom is -0.359 e. The minimum absolute atomic E-state index is 0.00418. The third-order valence-electron chi connectivity index (χ3n) is 4.87. The Hall–Kier alpha value is -1.92. The summed E-state index contributed by atoms with van der Waals surface area (Å²) in [4.78, 5) is 50.3. The van der Waals surface area contributed by atoms with E-state index in [0.717, 1.165) is 0 Å². The Morgan fingerprint density at radius 1 is 1.04 bits per heavy atom. The molecule has 1 fully saturated rings. The highest BCUT2D eigenvalue weighted by molar-refractivity contribution is 5.90. The second-order valence-corrected chi connectivity index (χ2v) is 8.28. The minimum atomic E-state index is -0.426. The number of piperidine rings is 1. The van der Waals surface area contributed by atoms with Gasteiger partial charge in [-0.3, -0.25) is 19.2 Å². The summed E-state index contributed by atoms with van der Waals surface area (Å²) in [5.41, 5.74) is -0.247. The molecule has 1 rings (SSSR count). The maximum absolute atomic E-state index is 12.5. The van der Waals surface area contributed by atoms with Gasteiger partial charge >= 0.3 is 0 Å². The Balaban J connectivity index is 2.48. The first-order valence-corrected chi connectivity index (χ1v) is 9.92. The first kappa shape index (κ1) is 23.1. The standard InChI is InChI=1S/C20H35N3O4/c1-6-16(24)15-13-23(12-11-14(15)19(27)21-5)18(26)10-8-7-9-17(25)22-20(2,3)4/h14-15H,6-13H2,1-5H3,(H,21,27)(H,22,25)/t14-,15+/m1/s1. The first-order valence-electron chi connectivity index (χ1n) is 9.92. The maximum Gasteiger partial charge on any atom is 0.223 e. The van der Waals surface area contributed by atoms with Gasteiger partial charge in [-0.15, -0.1) is 0 Å². The van der Waals surface area contributed by atoms with E-state index in [1.807, 2.05) is 20.8 Å². The number of rotatable bonds is 8. The largest absolute Gasteiger partial charge is 0.359 e. The highest BCUT2D eigenvalue weighted by atomic mass is 16.2. The van der Waals surface area contributed by atoms with E-state index in [1.165, 1.54) is 0 Å². The molecule has 0 aromatic rings. The summed E-state index contributed by atoms with van der Waals surface area (Å²) in [6, 6.07) is 0. The lowest BCUT2D eigenvalue weighted by Gasteiger charge is -2.37. The summed E-state index contributed by atoms with van der Waals surface area (Å²) in [5, 5.41) is 5.53. The van der Waals surface area contributed by atoms with E-state index in [2.05, 4.69) is 10.6 Å². The smallest absolute Gasteiger partial charge is 0.223 e. The number of unbranched alkanes of at least 4 members (excludes halogenated alkanes) is 1. The number of amides is 3. The van der Waals surface area contributed by atoms with Crippen LogP contribution in [-0.4, -0.2) is 54.1 Å². The van der Waals surface area contributed by atoms with Crippen LogP contribution in [0.1, 0.15) is 66.2 Å². The van der Waals surface area contributed by atoms with Crippen LogP contribution < -0.4 is 10.6 Å². The fraction of sp³-hybridized carbons (Fsp3) is 0.800. The second-order valence-electron chi connectivity index (χ2n) is 8.28. The number of hydrogen-bond acceptors (Lipinski definition) is 4. The van der Waals surface area contributed by atoms with Gasteiger partial charge in [0, 0.05) is 50.9 Å². The molecule has 7 heteroatoms. The SMILES string of the molecule is CCC(=O)[C@H]1CN(C(=O)CCCCC(=O)NC(C)(C)C)CC[C@H]1C(=O)NC. The zero-order valence-electron chi connectivity index (χ0n) is 17.4. The number of Topliss-reactive ketones (excluding diaryl/α,β-unsaturated/α-hetero) is 1. The Morgan fingerprint density at radius 3 is 2.22 bits per heavy atom. The van der Waals surface area contributed by atoms with E-state index in [0.29, 0.717) is 51.6 Å². The van der Waals surface area contributed by atoms with Crippen LogP contribution in [0.5, 0.6) is 0 Å². The van der Waals surface area contributed by atoms with E-state index in [9.17, 15) is 19.2 Å². The molecular weight excluding hydrogens is 346 g/mol. The van der Waals surface area contributed by atoms with Crippen LogP contribution >= 0.6 is 0 Å². The highest BCUT2D eigenvalue weighted by Gasteiger charge is 2.38. The summed E-state index contributed by atoms with van der Waals surface area (Å²) in [6.07, 6.45) is 2.93. The Morgan fingerprint density at radius 2 is 1.67 bits per heavy atom. The predicted octanol–water partition coefficient (Wildman–Crippen LogP) is 1.65. The van der Waals surface area contributed by atoms with E-state index >= 15 is 0 Å². The molecule has 0 spiro atoms. The van der Waals surface area contributed by atoms with Crippen molar-refractivity contribution in [1.82, 2.24) is 15.5 Å². The van der Waals surface area contributed by atoms with Crippen LogP contribution in [0.3, 0.4) is 0 Å². The third-order valence-corrected chi connectivity index (χ3v) is 4.87. The van der Waals surface area contributed by atoms with Crippen molar-refractivity contribution in [1.29, 1.82) is 0 Å². The van der Waals surface area contributed by atoms with Crippen molar-refractivity contribution in [2.24, 2.45) is 11.8 Å². The molecule has 0 unspecified atom stereocenters. The average molecular weight is 382 g/mol. The molecule has 3 amide bonds. The van der Waals surface area contributed by atoms with Crippen LogP contribution in [-0.2, 0) is 19.2 Å². The van der Waals surface area contributed by atoms with Crippen molar-refractivity contribution < 1.29 is 19.2 Å². The molecule has 0 saturated carbocycles. The van der Waals surface area contributed by atoms with Crippen molar-refractivity contribution in [3.8, 4) is 0 Å². The van der Waals surface area contributed by atoms with Crippen LogP contribution in [0.4, 0.5) is 0 Å². The van der Waals surface area contributed by atoms with Gasteiger partial charge in [0.05, 0.1) is 5.92 Å². The van der Waals surface area contributed by atoms with Crippen molar-refractivity contribution >= 4 is 23.5 Å². The Bertz CT molecular complexity index is 554. The Labute approximate surface area is 162 Å². The molecule has 1 aliphatic rings. The first-order chi connectivity index (χ1) is 12.6. The molecule has 2 N–H and O–H groups in total. The molecular formula is C20H35N3O4. The van der Waals surface area contributed by atoms with Gasteiger partial charge in [0.2, 0.25) is 17.7 Å². The van der Waals surface area contributed by atoms with Crippen LogP contribution in [0, 0.1) is 11.8 Å². The van der Waals surface area contributed by atoms with E-state index in [1.54, 1.807) is 18.9 Å². The topological polar surface area (TPSA) is 95.6 Å². The zero-order valence-corrected chi connectivity index (χ0v) is 17.4. The van der Waals surface area contributed by atoms with Crippen molar-refractivity contribution in [3.05, 3.63) is 0 Å². The molecule has 1 aliphatic heterocycles.